The SMILES string of the molecule is [NH]C(=O)OC(F)(F)C(F)(F)F. The number of alkyl halides is 5. The fourth-order valence-corrected chi connectivity index (χ4v) is 0.174. The molecule has 1 amide bonds. The lowest BCUT2D eigenvalue weighted by Gasteiger charge is -2.16. The van der Waals surface area contributed by atoms with E-state index in [1.165, 1.54) is 0 Å². The summed E-state index contributed by atoms with van der Waals surface area (Å²) in [4.78, 5) is 9.37. The quantitative estimate of drug-likeness (QED) is 0.572. The molecule has 0 aromatic carbocycles. The van der Waals surface area contributed by atoms with E-state index in [-0.39, 0.29) is 0 Å². The van der Waals surface area contributed by atoms with Crippen LogP contribution in [0.25, 0.3) is 0 Å². The molecule has 0 rings (SSSR count). The van der Waals surface area contributed by atoms with Gasteiger partial charge in [-0.3, -0.25) is 0 Å². The Labute approximate surface area is 56.9 Å². The van der Waals surface area contributed by atoms with Crippen LogP contribution in [-0.4, -0.2) is 18.4 Å². The van der Waals surface area contributed by atoms with Gasteiger partial charge in [0, 0.05) is 0 Å². The molecule has 0 aliphatic heterocycles. The van der Waals surface area contributed by atoms with Gasteiger partial charge in [0.2, 0.25) is 0 Å². The van der Waals surface area contributed by atoms with Gasteiger partial charge in [0.15, 0.2) is 0 Å². The van der Waals surface area contributed by atoms with Gasteiger partial charge in [-0.15, -0.1) is 0 Å². The minimum atomic E-state index is -5.97. The lowest BCUT2D eigenvalue weighted by atomic mass is 10.6. The zero-order valence-electron chi connectivity index (χ0n) is 4.71. The van der Waals surface area contributed by atoms with Crippen LogP contribution in [0.3, 0.4) is 0 Å². The molecule has 0 spiro atoms. The van der Waals surface area contributed by atoms with Crippen molar-refractivity contribution in [2.24, 2.45) is 0 Å². The van der Waals surface area contributed by atoms with Crippen molar-refractivity contribution in [1.82, 2.24) is 5.73 Å². The molecule has 0 aliphatic rings. The van der Waals surface area contributed by atoms with Crippen molar-refractivity contribution in [3.63, 3.8) is 0 Å². The smallest absolute Gasteiger partial charge is 0.376 e. The molecule has 1 N–H and O–H groups in total. The average molecular weight is 178 g/mol. The van der Waals surface area contributed by atoms with E-state index in [1.807, 2.05) is 0 Å². The second-order valence-electron chi connectivity index (χ2n) is 1.40. The molecule has 8 heteroatoms. The summed E-state index contributed by atoms with van der Waals surface area (Å²) in [5, 5.41) is 0. The minimum Gasteiger partial charge on any atom is -0.376 e. The standard InChI is InChI=1S/C3HF5NO2/c4-2(5,6)3(7,8)11-1(9)10/h9H. The van der Waals surface area contributed by atoms with Crippen LogP contribution in [-0.2, 0) is 4.74 Å². The summed E-state index contributed by atoms with van der Waals surface area (Å²) in [5.74, 6) is 0. The molecule has 0 bridgehead atoms. The first kappa shape index (κ1) is 9.92. The second kappa shape index (κ2) is 2.51. The third-order valence-electron chi connectivity index (χ3n) is 0.551. The molecule has 11 heavy (non-hydrogen) atoms. The van der Waals surface area contributed by atoms with Gasteiger partial charge < -0.3 is 4.74 Å². The molecule has 0 atom stereocenters. The molecule has 65 valence electrons. The molecule has 0 aliphatic carbocycles. The van der Waals surface area contributed by atoms with Crippen LogP contribution in [0, 0.1) is 0 Å². The maximum atomic E-state index is 11.5. The predicted molar refractivity (Wildman–Crippen MR) is 20.6 cm³/mol. The summed E-state index contributed by atoms with van der Waals surface area (Å²) in [6, 6.07) is 0. The molecule has 0 saturated heterocycles. The number of nitrogens with one attached hydrogen (secondary N) is 1. The zero-order chi connectivity index (χ0) is 9.28. The molecule has 0 heterocycles. The maximum Gasteiger partial charge on any atom is 0.502 e. The molecule has 0 aromatic heterocycles. The number of amides is 1. The van der Waals surface area contributed by atoms with Gasteiger partial charge in [-0.1, -0.05) is 0 Å². The Hall–Kier alpha value is -1.08. The third-order valence-corrected chi connectivity index (χ3v) is 0.551. The molecule has 0 saturated carbocycles. The Morgan fingerprint density at radius 1 is 1.18 bits per heavy atom. The minimum absolute atomic E-state index is 2.37. The summed E-state index contributed by atoms with van der Waals surface area (Å²) in [6.45, 7) is 0. The molecule has 1 radical (unpaired) electrons. The van der Waals surface area contributed by atoms with E-state index in [0.717, 1.165) is 0 Å². The second-order valence-corrected chi connectivity index (χ2v) is 1.40. The van der Waals surface area contributed by atoms with Gasteiger partial charge in [0.05, 0.1) is 0 Å². The van der Waals surface area contributed by atoms with Crippen molar-refractivity contribution in [2.75, 3.05) is 0 Å². The van der Waals surface area contributed by atoms with E-state index >= 15 is 0 Å². The van der Waals surface area contributed by atoms with Gasteiger partial charge in [0.1, 0.15) is 0 Å². The number of carbonyl (C=O) groups excluding carboxylic acids is 1. The highest BCUT2D eigenvalue weighted by Crippen LogP contribution is 2.36. The van der Waals surface area contributed by atoms with Crippen molar-refractivity contribution < 1.29 is 31.5 Å². The van der Waals surface area contributed by atoms with Gasteiger partial charge in [0.25, 0.3) is 0 Å². The number of carbonyl (C=O) groups is 1. The first-order valence-electron chi connectivity index (χ1n) is 2.06. The predicted octanol–water partition coefficient (Wildman–Crippen LogP) is 1.56. The average Bonchev–Trinajstić information content (AvgIpc) is 1.56. The van der Waals surface area contributed by atoms with Crippen molar-refractivity contribution in [3.05, 3.63) is 0 Å². The first-order valence-corrected chi connectivity index (χ1v) is 2.06. The van der Waals surface area contributed by atoms with E-state index < -0.39 is 18.4 Å². The largest absolute Gasteiger partial charge is 0.502 e. The molecular formula is C3HF5NO2. The van der Waals surface area contributed by atoms with Crippen molar-refractivity contribution in [2.45, 2.75) is 12.3 Å². The summed E-state index contributed by atoms with van der Waals surface area (Å²) in [6.07, 6.45) is -14.0. The highest BCUT2D eigenvalue weighted by Gasteiger charge is 2.62. The van der Waals surface area contributed by atoms with Crippen LogP contribution < -0.4 is 5.73 Å². The Bertz CT molecular complexity index is 164. The fraction of sp³-hybridized carbons (Fsp3) is 0.667. The van der Waals surface area contributed by atoms with Crippen molar-refractivity contribution >= 4 is 6.09 Å². The molecule has 3 nitrogen and oxygen atoms in total. The maximum absolute atomic E-state index is 11.5. The van der Waals surface area contributed by atoms with Crippen LogP contribution in [0.4, 0.5) is 26.7 Å². The summed E-state index contributed by atoms with van der Waals surface area (Å²) in [5.41, 5.74) is 5.67. The fourth-order valence-electron chi connectivity index (χ4n) is 0.174. The van der Waals surface area contributed by atoms with E-state index in [1.54, 1.807) is 0 Å². The highest BCUT2D eigenvalue weighted by molar-refractivity contribution is 5.64. The summed E-state index contributed by atoms with van der Waals surface area (Å²) < 4.78 is 58.6. The van der Waals surface area contributed by atoms with Gasteiger partial charge in [-0.05, 0) is 0 Å². The number of rotatable bonds is 1. The van der Waals surface area contributed by atoms with Crippen molar-refractivity contribution in [1.29, 1.82) is 0 Å². The monoisotopic (exact) mass is 178 g/mol. The number of halogens is 5. The van der Waals surface area contributed by atoms with Gasteiger partial charge >= 0.3 is 18.4 Å². The highest BCUT2D eigenvalue weighted by atomic mass is 19.4. The molecular weight excluding hydrogens is 177 g/mol. The lowest BCUT2D eigenvalue weighted by Crippen LogP contribution is -2.40. The number of hydrogen-bond acceptors (Lipinski definition) is 2. The summed E-state index contributed by atoms with van der Waals surface area (Å²) >= 11 is 0. The molecule has 0 fully saturated rings. The van der Waals surface area contributed by atoms with Gasteiger partial charge in [-0.2, -0.15) is 22.0 Å². The van der Waals surface area contributed by atoms with Crippen LogP contribution in [0.15, 0.2) is 0 Å². The van der Waals surface area contributed by atoms with Crippen LogP contribution >= 0.6 is 0 Å². The Kier molecular flexibility index (Phi) is 2.27. The Balaban J connectivity index is 4.34. The van der Waals surface area contributed by atoms with E-state index in [0.29, 0.717) is 0 Å². The first-order chi connectivity index (χ1) is 4.67. The summed E-state index contributed by atoms with van der Waals surface area (Å²) in [7, 11) is 0. The van der Waals surface area contributed by atoms with Crippen molar-refractivity contribution in [3.8, 4) is 0 Å². The molecule has 0 unspecified atom stereocenters. The normalized spacial score (nSPS) is 12.8. The zero-order valence-corrected chi connectivity index (χ0v) is 4.71. The van der Waals surface area contributed by atoms with Crippen LogP contribution in [0.5, 0.6) is 0 Å². The molecule has 0 aromatic rings. The Morgan fingerprint density at radius 3 is 1.64 bits per heavy atom. The number of hydrogen-bond donors (Lipinski definition) is 0. The third kappa shape index (κ3) is 2.56. The topological polar surface area (TPSA) is 50.1 Å². The van der Waals surface area contributed by atoms with Gasteiger partial charge in [-0.25, -0.2) is 10.5 Å². The van der Waals surface area contributed by atoms with Crippen LogP contribution in [0.1, 0.15) is 0 Å². The lowest BCUT2D eigenvalue weighted by molar-refractivity contribution is -0.369. The van der Waals surface area contributed by atoms with E-state index in [9.17, 15) is 26.7 Å². The Morgan fingerprint density at radius 2 is 1.55 bits per heavy atom. The van der Waals surface area contributed by atoms with Crippen LogP contribution in [0.2, 0.25) is 0 Å². The van der Waals surface area contributed by atoms with E-state index in [2.05, 4.69) is 4.74 Å². The van der Waals surface area contributed by atoms with E-state index in [4.69, 9.17) is 5.73 Å². The number of ether oxygens (including phenoxy) is 1.